The minimum atomic E-state index is -5.05. The van der Waals surface area contributed by atoms with Gasteiger partial charge in [-0.3, -0.25) is 4.55 Å². The van der Waals surface area contributed by atoms with Crippen LogP contribution in [0.15, 0.2) is 82.7 Å². The molecule has 3 aromatic carbocycles. The standard InChI is InChI=1S/C25H19F3N2O5S2/c1-15-14-19(20-12-13-29-24(30-20)25(26,27)28)23(37(33,34)35)22(21(15)16-6-4-3-5-7-16)17-8-10-18(11-9-17)36(2,31)32/h3-14H,1-2H3,(H,33,34,35). The van der Waals surface area contributed by atoms with Crippen LogP contribution in [0.4, 0.5) is 13.2 Å². The maximum atomic E-state index is 13.3. The maximum Gasteiger partial charge on any atom is 0.451 e. The Bertz CT molecular complexity index is 1700. The zero-order valence-corrected chi connectivity index (χ0v) is 21.0. The van der Waals surface area contributed by atoms with Crippen molar-refractivity contribution in [2.75, 3.05) is 6.26 Å². The van der Waals surface area contributed by atoms with E-state index in [1.54, 1.807) is 37.3 Å². The zero-order chi connectivity index (χ0) is 27.2. The molecule has 0 aliphatic rings. The van der Waals surface area contributed by atoms with Gasteiger partial charge >= 0.3 is 6.18 Å². The number of alkyl halides is 3. The van der Waals surface area contributed by atoms with E-state index in [1.165, 1.54) is 30.3 Å². The third-order valence-electron chi connectivity index (χ3n) is 5.55. The molecule has 0 atom stereocenters. The third-order valence-corrected chi connectivity index (χ3v) is 7.62. The Labute approximate surface area is 211 Å². The van der Waals surface area contributed by atoms with Gasteiger partial charge in [-0.15, -0.1) is 0 Å². The molecule has 0 amide bonds. The number of aromatic nitrogens is 2. The highest BCUT2D eigenvalue weighted by atomic mass is 32.2. The van der Waals surface area contributed by atoms with Crippen molar-refractivity contribution >= 4 is 20.0 Å². The first-order valence-electron chi connectivity index (χ1n) is 10.6. The summed E-state index contributed by atoms with van der Waals surface area (Å²) in [4.78, 5) is 6.05. The highest BCUT2D eigenvalue weighted by Gasteiger charge is 2.35. The van der Waals surface area contributed by atoms with Crippen molar-refractivity contribution < 1.29 is 34.6 Å². The summed E-state index contributed by atoms with van der Waals surface area (Å²) in [5, 5.41) is 0. The molecule has 1 heterocycles. The Morgan fingerprint density at radius 3 is 1.97 bits per heavy atom. The molecule has 12 heteroatoms. The predicted molar refractivity (Wildman–Crippen MR) is 131 cm³/mol. The maximum absolute atomic E-state index is 13.3. The molecule has 0 spiro atoms. The Hall–Kier alpha value is -3.61. The Morgan fingerprint density at radius 2 is 1.43 bits per heavy atom. The van der Waals surface area contributed by atoms with Crippen molar-refractivity contribution in [1.29, 1.82) is 0 Å². The first kappa shape index (κ1) is 26.5. The van der Waals surface area contributed by atoms with Gasteiger partial charge in [-0.2, -0.15) is 21.6 Å². The highest BCUT2D eigenvalue weighted by molar-refractivity contribution is 7.90. The number of sulfone groups is 1. The lowest BCUT2D eigenvalue weighted by Crippen LogP contribution is -2.12. The van der Waals surface area contributed by atoms with Crippen LogP contribution in [0.25, 0.3) is 33.5 Å². The summed E-state index contributed by atoms with van der Waals surface area (Å²) in [6, 6.07) is 16.3. The van der Waals surface area contributed by atoms with Gasteiger partial charge in [-0.25, -0.2) is 18.4 Å². The summed E-state index contributed by atoms with van der Waals surface area (Å²) < 4.78 is 99.9. The predicted octanol–water partition coefficient (Wildman–Crippen LogP) is 5.46. The second-order valence-corrected chi connectivity index (χ2v) is 11.6. The van der Waals surface area contributed by atoms with Gasteiger partial charge in [0.15, 0.2) is 9.84 Å². The SMILES string of the molecule is Cc1cc(-c2ccnc(C(F)(F)F)n2)c(S(=O)(=O)O)c(-c2ccc(S(C)(=O)=O)cc2)c1-c1ccccc1. The van der Waals surface area contributed by atoms with E-state index in [4.69, 9.17) is 0 Å². The molecule has 1 N–H and O–H groups in total. The smallest absolute Gasteiger partial charge is 0.282 e. The fraction of sp³-hybridized carbons (Fsp3) is 0.120. The summed E-state index contributed by atoms with van der Waals surface area (Å²) in [6.45, 7) is 1.64. The highest BCUT2D eigenvalue weighted by Crippen LogP contribution is 2.44. The molecular weight excluding hydrogens is 529 g/mol. The molecule has 0 aliphatic heterocycles. The largest absolute Gasteiger partial charge is 0.451 e. The Morgan fingerprint density at radius 1 is 0.838 bits per heavy atom. The number of nitrogens with zero attached hydrogens (tertiary/aromatic N) is 2. The van der Waals surface area contributed by atoms with E-state index in [2.05, 4.69) is 9.97 Å². The van der Waals surface area contributed by atoms with Crippen LogP contribution < -0.4 is 0 Å². The summed E-state index contributed by atoms with van der Waals surface area (Å²) in [5.41, 5.74) is 0.987. The van der Waals surface area contributed by atoms with Gasteiger partial charge < -0.3 is 0 Å². The number of benzene rings is 3. The van der Waals surface area contributed by atoms with E-state index in [1.807, 2.05) is 0 Å². The fourth-order valence-electron chi connectivity index (χ4n) is 4.02. The van der Waals surface area contributed by atoms with Crippen LogP contribution in [0.1, 0.15) is 11.4 Å². The van der Waals surface area contributed by atoms with E-state index in [-0.39, 0.29) is 27.3 Å². The first-order valence-corrected chi connectivity index (χ1v) is 13.9. The van der Waals surface area contributed by atoms with Crippen molar-refractivity contribution in [3.8, 4) is 33.5 Å². The average molecular weight is 549 g/mol. The Balaban J connectivity index is 2.16. The van der Waals surface area contributed by atoms with E-state index >= 15 is 0 Å². The normalized spacial score (nSPS) is 12.5. The minimum absolute atomic E-state index is 0.0177. The van der Waals surface area contributed by atoms with Crippen LogP contribution in [-0.2, 0) is 26.1 Å². The summed E-state index contributed by atoms with van der Waals surface area (Å²) in [5.74, 6) is -1.48. The molecule has 0 radical (unpaired) electrons. The lowest BCUT2D eigenvalue weighted by molar-refractivity contribution is -0.144. The van der Waals surface area contributed by atoms with Crippen molar-refractivity contribution in [3.05, 3.63) is 84.3 Å². The number of aryl methyl sites for hydroxylation is 1. The van der Waals surface area contributed by atoms with E-state index in [9.17, 15) is 34.6 Å². The van der Waals surface area contributed by atoms with Crippen LogP contribution in [0.3, 0.4) is 0 Å². The van der Waals surface area contributed by atoms with Gasteiger partial charge in [-0.05, 0) is 53.4 Å². The molecule has 7 nitrogen and oxygen atoms in total. The topological polar surface area (TPSA) is 114 Å². The molecule has 4 rings (SSSR count). The Kier molecular flexibility index (Phi) is 6.69. The summed E-state index contributed by atoms with van der Waals surface area (Å²) >= 11 is 0. The minimum Gasteiger partial charge on any atom is -0.282 e. The molecule has 37 heavy (non-hydrogen) atoms. The zero-order valence-electron chi connectivity index (χ0n) is 19.4. The molecule has 0 bridgehead atoms. The van der Waals surface area contributed by atoms with Crippen LogP contribution in [-0.4, -0.2) is 37.6 Å². The second-order valence-electron chi connectivity index (χ2n) is 8.22. The molecule has 0 aliphatic carbocycles. The van der Waals surface area contributed by atoms with E-state index in [0.717, 1.165) is 18.5 Å². The quantitative estimate of drug-likeness (QED) is 0.330. The molecule has 1 aromatic heterocycles. The molecule has 4 aromatic rings. The van der Waals surface area contributed by atoms with Gasteiger partial charge in [0.25, 0.3) is 10.1 Å². The van der Waals surface area contributed by atoms with Gasteiger partial charge in [0, 0.05) is 23.6 Å². The van der Waals surface area contributed by atoms with Crippen LogP contribution in [0.5, 0.6) is 0 Å². The number of rotatable bonds is 5. The van der Waals surface area contributed by atoms with E-state index < -0.39 is 36.9 Å². The second kappa shape index (κ2) is 9.36. The van der Waals surface area contributed by atoms with Gasteiger partial charge in [0.1, 0.15) is 4.90 Å². The third kappa shape index (κ3) is 5.41. The molecule has 192 valence electrons. The van der Waals surface area contributed by atoms with Gasteiger partial charge in [0.05, 0.1) is 10.6 Å². The summed E-state index contributed by atoms with van der Waals surface area (Å²) in [6.07, 6.45) is -3.03. The lowest BCUT2D eigenvalue weighted by Gasteiger charge is -2.21. The molecular formula is C25H19F3N2O5S2. The van der Waals surface area contributed by atoms with Crippen molar-refractivity contribution in [1.82, 2.24) is 9.97 Å². The number of hydrogen-bond donors (Lipinski definition) is 1. The van der Waals surface area contributed by atoms with E-state index in [0.29, 0.717) is 16.7 Å². The monoisotopic (exact) mass is 548 g/mol. The molecule has 0 fully saturated rings. The van der Waals surface area contributed by atoms with Gasteiger partial charge in [0.2, 0.25) is 5.82 Å². The van der Waals surface area contributed by atoms with Crippen LogP contribution in [0.2, 0.25) is 0 Å². The fourth-order valence-corrected chi connectivity index (χ4v) is 5.57. The van der Waals surface area contributed by atoms with Crippen molar-refractivity contribution in [3.63, 3.8) is 0 Å². The lowest BCUT2D eigenvalue weighted by atomic mass is 9.88. The number of hydrogen-bond acceptors (Lipinski definition) is 6. The van der Waals surface area contributed by atoms with Crippen LogP contribution >= 0.6 is 0 Å². The first-order chi connectivity index (χ1) is 17.2. The van der Waals surface area contributed by atoms with Gasteiger partial charge in [-0.1, -0.05) is 42.5 Å². The average Bonchev–Trinajstić information content (AvgIpc) is 2.82. The van der Waals surface area contributed by atoms with Crippen molar-refractivity contribution in [2.24, 2.45) is 0 Å². The number of halogens is 3. The molecule has 0 saturated heterocycles. The van der Waals surface area contributed by atoms with Crippen molar-refractivity contribution in [2.45, 2.75) is 22.9 Å². The molecule has 0 unspecified atom stereocenters. The molecule has 0 saturated carbocycles. The van der Waals surface area contributed by atoms with Crippen LogP contribution in [0, 0.1) is 6.92 Å². The summed E-state index contributed by atoms with van der Waals surface area (Å²) in [7, 11) is -8.63.